The van der Waals surface area contributed by atoms with Crippen molar-refractivity contribution in [2.75, 3.05) is 63.2 Å². The summed E-state index contributed by atoms with van der Waals surface area (Å²) in [6.45, 7) is 6.42. The van der Waals surface area contributed by atoms with E-state index >= 15 is 0 Å². The van der Waals surface area contributed by atoms with Gasteiger partial charge in [-0.15, -0.1) is 0 Å². The molecule has 0 radical (unpaired) electrons. The smallest absolute Gasteiger partial charge is 0.253 e. The average molecular weight is 495 g/mol. The van der Waals surface area contributed by atoms with Gasteiger partial charge < -0.3 is 24.8 Å². The molecule has 9 nitrogen and oxygen atoms in total. The monoisotopic (exact) mass is 494 g/mol. The molecule has 2 N–H and O–H groups in total. The van der Waals surface area contributed by atoms with Crippen LogP contribution in [0, 0.1) is 0 Å². The van der Waals surface area contributed by atoms with Crippen molar-refractivity contribution in [1.82, 2.24) is 9.88 Å². The molecule has 1 aliphatic rings. The van der Waals surface area contributed by atoms with Gasteiger partial charge in [0.25, 0.3) is 10.9 Å². The SMILES string of the molecule is O=c1c(NCCCCCCOc2ccc(OCCN3CCOCC3)cc2)c(Nc2ccncc2)c1=O. The summed E-state index contributed by atoms with van der Waals surface area (Å²) in [5.41, 5.74) is 0.473. The Morgan fingerprint density at radius 3 is 2.17 bits per heavy atom. The number of anilines is 3. The fraction of sp³-hybridized carbons (Fsp3) is 0.444. The van der Waals surface area contributed by atoms with Crippen LogP contribution >= 0.6 is 0 Å². The minimum atomic E-state index is -0.487. The summed E-state index contributed by atoms with van der Waals surface area (Å²) < 4.78 is 17.0. The Bertz CT molecular complexity index is 1120. The molecule has 0 bridgehead atoms. The van der Waals surface area contributed by atoms with Crippen molar-refractivity contribution >= 4 is 17.1 Å². The van der Waals surface area contributed by atoms with Crippen LogP contribution in [0.25, 0.3) is 0 Å². The number of benzene rings is 1. The van der Waals surface area contributed by atoms with E-state index in [1.165, 1.54) is 0 Å². The Hall–Kier alpha value is -3.43. The highest BCUT2D eigenvalue weighted by molar-refractivity contribution is 5.78. The van der Waals surface area contributed by atoms with E-state index in [-0.39, 0.29) is 0 Å². The first-order chi connectivity index (χ1) is 17.7. The van der Waals surface area contributed by atoms with Crippen molar-refractivity contribution in [3.8, 4) is 11.5 Å². The van der Waals surface area contributed by atoms with Gasteiger partial charge in [-0.3, -0.25) is 19.5 Å². The van der Waals surface area contributed by atoms with Crippen molar-refractivity contribution in [2.24, 2.45) is 0 Å². The molecule has 1 saturated heterocycles. The lowest BCUT2D eigenvalue weighted by Gasteiger charge is -2.26. The van der Waals surface area contributed by atoms with Gasteiger partial charge >= 0.3 is 0 Å². The molecule has 0 saturated carbocycles. The van der Waals surface area contributed by atoms with E-state index in [1.54, 1.807) is 24.5 Å². The third kappa shape index (κ3) is 7.53. The minimum Gasteiger partial charge on any atom is -0.494 e. The van der Waals surface area contributed by atoms with Crippen LogP contribution in [-0.2, 0) is 4.74 Å². The van der Waals surface area contributed by atoms with E-state index < -0.39 is 10.9 Å². The molecule has 0 amide bonds. The summed E-state index contributed by atoms with van der Waals surface area (Å²) >= 11 is 0. The van der Waals surface area contributed by atoms with Crippen molar-refractivity contribution < 1.29 is 14.2 Å². The van der Waals surface area contributed by atoms with Crippen LogP contribution in [0.4, 0.5) is 17.1 Å². The molecule has 9 heteroatoms. The molecular weight excluding hydrogens is 460 g/mol. The standard InChI is InChI=1S/C27H34N4O5/c32-26-24(25(27(26)33)30-21-9-12-28-13-10-21)29-11-3-1-2-4-17-35-22-5-7-23(8-6-22)36-20-16-31-14-18-34-19-15-31/h5-10,12-13,29H,1-4,11,14-20H2,(H,28,30). The number of pyridine rings is 1. The van der Waals surface area contributed by atoms with Crippen LogP contribution in [0.5, 0.6) is 11.5 Å². The maximum absolute atomic E-state index is 11.9. The molecule has 36 heavy (non-hydrogen) atoms. The molecule has 1 aliphatic heterocycles. The first kappa shape index (κ1) is 25.7. The van der Waals surface area contributed by atoms with Gasteiger partial charge in [-0.25, -0.2) is 0 Å². The van der Waals surface area contributed by atoms with Gasteiger partial charge in [0, 0.05) is 44.3 Å². The number of hydrogen-bond acceptors (Lipinski definition) is 9. The number of nitrogens with one attached hydrogen (secondary N) is 2. The van der Waals surface area contributed by atoms with Gasteiger partial charge in [0.1, 0.15) is 29.5 Å². The molecule has 0 aliphatic carbocycles. The topological polar surface area (TPSA) is 102 Å². The van der Waals surface area contributed by atoms with Crippen LogP contribution in [0.2, 0.25) is 0 Å². The van der Waals surface area contributed by atoms with Gasteiger partial charge in [0.05, 0.1) is 19.8 Å². The van der Waals surface area contributed by atoms with E-state index in [4.69, 9.17) is 14.2 Å². The molecule has 0 atom stereocenters. The highest BCUT2D eigenvalue weighted by Gasteiger charge is 2.20. The second-order valence-corrected chi connectivity index (χ2v) is 8.73. The summed E-state index contributed by atoms with van der Waals surface area (Å²) in [7, 11) is 0. The Kier molecular flexibility index (Phi) is 9.70. The van der Waals surface area contributed by atoms with Crippen molar-refractivity contribution in [1.29, 1.82) is 0 Å². The molecule has 1 aromatic heterocycles. The quantitative estimate of drug-likeness (QED) is 0.244. The zero-order chi connectivity index (χ0) is 25.0. The fourth-order valence-electron chi connectivity index (χ4n) is 3.99. The maximum atomic E-state index is 11.9. The van der Waals surface area contributed by atoms with Crippen LogP contribution in [0.1, 0.15) is 25.7 Å². The third-order valence-electron chi connectivity index (χ3n) is 6.11. The zero-order valence-corrected chi connectivity index (χ0v) is 20.5. The molecule has 2 aromatic carbocycles. The summed E-state index contributed by atoms with van der Waals surface area (Å²) in [5, 5.41) is 6.10. The molecule has 0 spiro atoms. The second kappa shape index (κ2) is 13.6. The molecule has 2 heterocycles. The number of unbranched alkanes of at least 4 members (excludes halogenated alkanes) is 3. The highest BCUT2D eigenvalue weighted by Crippen LogP contribution is 2.20. The summed E-state index contributed by atoms with van der Waals surface area (Å²) in [5.74, 6) is 1.69. The number of ether oxygens (including phenoxy) is 3. The second-order valence-electron chi connectivity index (χ2n) is 8.73. The molecule has 0 unspecified atom stereocenters. The lowest BCUT2D eigenvalue weighted by atomic mass is 10.1. The van der Waals surface area contributed by atoms with Crippen LogP contribution in [0.15, 0.2) is 58.4 Å². The van der Waals surface area contributed by atoms with Crippen LogP contribution in [-0.4, -0.2) is 62.5 Å². The Morgan fingerprint density at radius 2 is 1.44 bits per heavy atom. The van der Waals surface area contributed by atoms with Gasteiger partial charge in [-0.1, -0.05) is 12.8 Å². The number of aromatic nitrogens is 1. The molecule has 192 valence electrons. The number of morpholine rings is 1. The largest absolute Gasteiger partial charge is 0.494 e. The van der Waals surface area contributed by atoms with Crippen molar-refractivity contribution in [3.63, 3.8) is 0 Å². The van der Waals surface area contributed by atoms with Crippen molar-refractivity contribution in [3.05, 3.63) is 69.2 Å². The predicted molar refractivity (Wildman–Crippen MR) is 141 cm³/mol. The maximum Gasteiger partial charge on any atom is 0.253 e. The molecule has 1 fully saturated rings. The summed E-state index contributed by atoms with van der Waals surface area (Å²) in [4.78, 5) is 30.1. The Labute approximate surface area is 211 Å². The molecule has 3 aromatic rings. The van der Waals surface area contributed by atoms with Crippen molar-refractivity contribution in [2.45, 2.75) is 25.7 Å². The first-order valence-corrected chi connectivity index (χ1v) is 12.6. The van der Waals surface area contributed by atoms with Gasteiger partial charge in [-0.2, -0.15) is 0 Å². The van der Waals surface area contributed by atoms with Crippen LogP contribution < -0.4 is 31.0 Å². The number of nitrogens with zero attached hydrogens (tertiary/aromatic N) is 2. The number of rotatable bonds is 15. The fourth-order valence-corrected chi connectivity index (χ4v) is 3.99. The normalized spacial score (nSPS) is 14.0. The third-order valence-corrected chi connectivity index (χ3v) is 6.11. The van der Waals surface area contributed by atoms with E-state index in [2.05, 4.69) is 20.5 Å². The van der Waals surface area contributed by atoms with E-state index in [1.807, 2.05) is 24.3 Å². The van der Waals surface area contributed by atoms with Gasteiger partial charge in [-0.05, 0) is 49.2 Å². The summed E-state index contributed by atoms with van der Waals surface area (Å²) in [6.07, 6.45) is 7.15. The first-order valence-electron chi connectivity index (χ1n) is 12.6. The highest BCUT2D eigenvalue weighted by atomic mass is 16.5. The summed E-state index contributed by atoms with van der Waals surface area (Å²) in [6, 6.07) is 11.3. The average Bonchev–Trinajstić information content (AvgIpc) is 2.93. The van der Waals surface area contributed by atoms with Crippen LogP contribution in [0.3, 0.4) is 0 Å². The van der Waals surface area contributed by atoms with Gasteiger partial charge in [0.2, 0.25) is 0 Å². The molecule has 4 rings (SSSR count). The minimum absolute atomic E-state index is 0.327. The molecular formula is C27H34N4O5. The predicted octanol–water partition coefficient (Wildman–Crippen LogP) is 3.18. The zero-order valence-electron chi connectivity index (χ0n) is 20.5. The van der Waals surface area contributed by atoms with E-state index in [9.17, 15) is 9.59 Å². The Balaban J connectivity index is 1.05. The van der Waals surface area contributed by atoms with E-state index in [0.29, 0.717) is 31.1 Å². The van der Waals surface area contributed by atoms with E-state index in [0.717, 1.165) is 75.7 Å². The van der Waals surface area contributed by atoms with Gasteiger partial charge in [0.15, 0.2) is 0 Å². The lowest BCUT2D eigenvalue weighted by molar-refractivity contribution is 0.0322. The lowest BCUT2D eigenvalue weighted by Crippen LogP contribution is -2.38. The Morgan fingerprint density at radius 1 is 0.806 bits per heavy atom. The number of hydrogen-bond donors (Lipinski definition) is 2.